The van der Waals surface area contributed by atoms with Gasteiger partial charge in [-0.3, -0.25) is 0 Å². The maximum Gasteiger partial charge on any atom is 0.179 e. The van der Waals surface area contributed by atoms with Crippen LogP contribution in [0.5, 0.6) is 0 Å². The SMILES string of the molecule is c1ccc(-c2ccc(Nc3ccc(-c4ccc([Si](c5ccccc5)(c5ccccc5)c5ccccc5)cc4)c4ccccc34)cc2)cc1. The molecule has 2 heteroatoms. The molecule has 0 aliphatic heterocycles. The molecule has 8 aromatic rings. The molecular weight excluding hydrogens is 595 g/mol. The standard InChI is InChI=1S/C46H35NSi/c1-5-15-35(16-6-1)36-25-29-38(30-26-36)47-46-34-33-43(44-23-13-14-24-45(44)46)37-27-31-42(32-28-37)48(39-17-7-2-8-18-39,40-19-9-3-10-20-40)41-21-11-4-12-22-41/h1-34,47H. The van der Waals surface area contributed by atoms with Gasteiger partial charge < -0.3 is 5.32 Å². The van der Waals surface area contributed by atoms with Gasteiger partial charge in [0.1, 0.15) is 0 Å². The third kappa shape index (κ3) is 5.43. The summed E-state index contributed by atoms with van der Waals surface area (Å²) in [6.45, 7) is 0. The molecule has 48 heavy (non-hydrogen) atoms. The Balaban J connectivity index is 1.19. The highest BCUT2D eigenvalue weighted by molar-refractivity contribution is 7.19. The lowest BCUT2D eigenvalue weighted by molar-refractivity contribution is 1.56. The zero-order valence-electron chi connectivity index (χ0n) is 26.6. The maximum absolute atomic E-state index is 3.69. The van der Waals surface area contributed by atoms with Crippen molar-refractivity contribution in [3.8, 4) is 22.3 Å². The molecule has 0 aliphatic rings. The summed E-state index contributed by atoms with van der Waals surface area (Å²) in [7, 11) is -2.57. The summed E-state index contributed by atoms with van der Waals surface area (Å²) in [6.07, 6.45) is 0. The van der Waals surface area contributed by atoms with Gasteiger partial charge in [-0.2, -0.15) is 0 Å². The van der Waals surface area contributed by atoms with Crippen LogP contribution in [0.4, 0.5) is 11.4 Å². The van der Waals surface area contributed by atoms with Crippen LogP contribution >= 0.6 is 0 Å². The highest BCUT2D eigenvalue weighted by atomic mass is 28.3. The normalized spacial score (nSPS) is 11.3. The molecule has 0 bridgehead atoms. The molecule has 1 nitrogen and oxygen atoms in total. The second-order valence-electron chi connectivity index (χ2n) is 12.2. The van der Waals surface area contributed by atoms with Crippen LogP contribution in [0.3, 0.4) is 0 Å². The fourth-order valence-electron chi connectivity index (χ4n) is 7.16. The molecular formula is C46H35NSi. The first-order valence-electron chi connectivity index (χ1n) is 16.5. The van der Waals surface area contributed by atoms with E-state index in [9.17, 15) is 0 Å². The summed E-state index contributed by atoms with van der Waals surface area (Å²) in [6, 6.07) is 75.1. The molecule has 0 amide bonds. The van der Waals surface area contributed by atoms with E-state index in [1.807, 2.05) is 0 Å². The summed E-state index contributed by atoms with van der Waals surface area (Å²) < 4.78 is 0. The van der Waals surface area contributed by atoms with Crippen LogP contribution in [0.2, 0.25) is 0 Å². The van der Waals surface area contributed by atoms with Gasteiger partial charge in [-0.1, -0.05) is 188 Å². The lowest BCUT2D eigenvalue weighted by Gasteiger charge is -2.34. The van der Waals surface area contributed by atoms with Crippen molar-refractivity contribution in [3.63, 3.8) is 0 Å². The molecule has 8 rings (SSSR count). The average Bonchev–Trinajstić information content (AvgIpc) is 3.18. The predicted octanol–water partition coefficient (Wildman–Crippen LogP) is 9.29. The van der Waals surface area contributed by atoms with Crippen LogP contribution in [0.15, 0.2) is 206 Å². The number of anilines is 2. The van der Waals surface area contributed by atoms with E-state index in [-0.39, 0.29) is 0 Å². The Morgan fingerprint density at radius 3 is 1.25 bits per heavy atom. The van der Waals surface area contributed by atoms with Crippen molar-refractivity contribution in [2.75, 3.05) is 5.32 Å². The minimum Gasteiger partial charge on any atom is -0.355 e. The average molecular weight is 630 g/mol. The molecule has 0 aliphatic carbocycles. The zero-order chi connectivity index (χ0) is 32.2. The van der Waals surface area contributed by atoms with Gasteiger partial charge in [0.05, 0.1) is 0 Å². The predicted molar refractivity (Wildman–Crippen MR) is 208 cm³/mol. The van der Waals surface area contributed by atoms with Crippen molar-refractivity contribution in [1.82, 2.24) is 0 Å². The van der Waals surface area contributed by atoms with Crippen molar-refractivity contribution < 1.29 is 0 Å². The summed E-state index contributed by atoms with van der Waals surface area (Å²) >= 11 is 0. The second kappa shape index (κ2) is 13.0. The van der Waals surface area contributed by atoms with Gasteiger partial charge in [0, 0.05) is 16.8 Å². The van der Waals surface area contributed by atoms with Crippen molar-refractivity contribution in [3.05, 3.63) is 206 Å². The first kappa shape index (κ1) is 29.4. The minimum absolute atomic E-state index is 1.07. The molecule has 0 radical (unpaired) electrons. The van der Waals surface area contributed by atoms with Crippen molar-refractivity contribution in [1.29, 1.82) is 0 Å². The van der Waals surface area contributed by atoms with E-state index in [0.717, 1.165) is 11.4 Å². The van der Waals surface area contributed by atoms with Gasteiger partial charge in [-0.05, 0) is 66.6 Å². The summed E-state index contributed by atoms with van der Waals surface area (Å²) in [5, 5.41) is 11.6. The smallest absolute Gasteiger partial charge is 0.179 e. The fourth-order valence-corrected chi connectivity index (χ4v) is 11.9. The first-order valence-corrected chi connectivity index (χ1v) is 18.5. The van der Waals surface area contributed by atoms with E-state index in [4.69, 9.17) is 0 Å². The van der Waals surface area contributed by atoms with Crippen LogP contribution in [0.1, 0.15) is 0 Å². The Labute approximate surface area is 283 Å². The van der Waals surface area contributed by atoms with E-state index in [2.05, 4.69) is 212 Å². The highest BCUT2D eigenvalue weighted by Gasteiger charge is 2.41. The molecule has 1 N–H and O–H groups in total. The van der Waals surface area contributed by atoms with E-state index < -0.39 is 8.07 Å². The first-order chi connectivity index (χ1) is 23.8. The summed E-state index contributed by atoms with van der Waals surface area (Å²) in [4.78, 5) is 0. The van der Waals surface area contributed by atoms with E-state index in [1.165, 1.54) is 53.8 Å². The Bertz CT molecular complexity index is 2170. The molecule has 8 aromatic carbocycles. The number of hydrogen-bond donors (Lipinski definition) is 1. The van der Waals surface area contributed by atoms with Crippen LogP contribution < -0.4 is 26.1 Å². The Kier molecular flexibility index (Phi) is 8.00. The van der Waals surface area contributed by atoms with E-state index >= 15 is 0 Å². The van der Waals surface area contributed by atoms with Gasteiger partial charge in [0.15, 0.2) is 8.07 Å². The Hall–Kier alpha value is -5.96. The third-order valence-corrected chi connectivity index (χ3v) is 14.2. The number of fused-ring (bicyclic) bond motifs is 1. The molecule has 0 heterocycles. The molecule has 0 saturated heterocycles. The summed E-state index contributed by atoms with van der Waals surface area (Å²) in [5.74, 6) is 0. The number of rotatable bonds is 8. The van der Waals surface area contributed by atoms with E-state index in [0.29, 0.717) is 0 Å². The number of benzene rings is 8. The molecule has 0 atom stereocenters. The van der Waals surface area contributed by atoms with Gasteiger partial charge in [0.25, 0.3) is 0 Å². The number of nitrogens with one attached hydrogen (secondary N) is 1. The van der Waals surface area contributed by atoms with Crippen LogP contribution in [0, 0.1) is 0 Å². The molecule has 0 fully saturated rings. The molecule has 0 spiro atoms. The second-order valence-corrected chi connectivity index (χ2v) is 16.0. The largest absolute Gasteiger partial charge is 0.355 e. The molecule has 0 saturated carbocycles. The van der Waals surface area contributed by atoms with Gasteiger partial charge in [-0.25, -0.2) is 0 Å². The van der Waals surface area contributed by atoms with Crippen molar-refractivity contribution >= 4 is 51.0 Å². The van der Waals surface area contributed by atoms with Crippen molar-refractivity contribution in [2.45, 2.75) is 0 Å². The summed E-state index contributed by atoms with van der Waals surface area (Å²) in [5.41, 5.74) is 7.05. The molecule has 0 aromatic heterocycles. The van der Waals surface area contributed by atoms with Gasteiger partial charge in [0.2, 0.25) is 0 Å². The van der Waals surface area contributed by atoms with Crippen LogP contribution in [-0.2, 0) is 0 Å². The van der Waals surface area contributed by atoms with E-state index in [1.54, 1.807) is 0 Å². The van der Waals surface area contributed by atoms with Crippen LogP contribution in [-0.4, -0.2) is 8.07 Å². The maximum atomic E-state index is 3.69. The lowest BCUT2D eigenvalue weighted by atomic mass is 9.97. The topological polar surface area (TPSA) is 12.0 Å². The van der Waals surface area contributed by atoms with Crippen LogP contribution in [0.25, 0.3) is 33.0 Å². The zero-order valence-corrected chi connectivity index (χ0v) is 27.6. The van der Waals surface area contributed by atoms with Gasteiger partial charge in [-0.15, -0.1) is 0 Å². The minimum atomic E-state index is -2.57. The quantitative estimate of drug-likeness (QED) is 0.131. The Morgan fingerprint density at radius 1 is 0.292 bits per heavy atom. The molecule has 228 valence electrons. The van der Waals surface area contributed by atoms with Crippen molar-refractivity contribution in [2.24, 2.45) is 0 Å². The third-order valence-electron chi connectivity index (χ3n) is 9.44. The lowest BCUT2D eigenvalue weighted by Crippen LogP contribution is -2.74. The fraction of sp³-hybridized carbons (Fsp3) is 0. The number of hydrogen-bond acceptors (Lipinski definition) is 1. The monoisotopic (exact) mass is 629 g/mol. The van der Waals surface area contributed by atoms with Gasteiger partial charge >= 0.3 is 0 Å². The molecule has 0 unspecified atom stereocenters. The highest BCUT2D eigenvalue weighted by Crippen LogP contribution is 2.35. The Morgan fingerprint density at radius 2 is 0.708 bits per heavy atom.